The zero-order valence-electron chi connectivity index (χ0n) is 9.39. The van der Waals surface area contributed by atoms with Crippen LogP contribution in [0.2, 0.25) is 0 Å². The zero-order valence-corrected chi connectivity index (χ0v) is 10.2. The summed E-state index contributed by atoms with van der Waals surface area (Å²) in [5, 5.41) is 0. The average Bonchev–Trinajstić information content (AvgIpc) is 2.33. The number of rotatable bonds is 3. The second kappa shape index (κ2) is 5.19. The molecular formula is C13H12FNOS. The first kappa shape index (κ1) is 11.9. The molecule has 0 aliphatic carbocycles. The van der Waals surface area contributed by atoms with Gasteiger partial charge in [0.25, 0.3) is 5.56 Å². The van der Waals surface area contributed by atoms with Crippen molar-refractivity contribution in [2.45, 2.75) is 10.6 Å². The first-order chi connectivity index (χ1) is 8.15. The standard InChI is InChI=1S/C13H12FNOS/c1-15-7-6-10(8-13(15)16)9-17-12-4-2-11(14)3-5-12/h2-8H,9H2,1H3. The summed E-state index contributed by atoms with van der Waals surface area (Å²) in [5.74, 6) is 0.477. The maximum Gasteiger partial charge on any atom is 0.250 e. The molecule has 2 nitrogen and oxygen atoms in total. The predicted octanol–water partition coefficient (Wildman–Crippen LogP) is 2.82. The smallest absolute Gasteiger partial charge is 0.250 e. The van der Waals surface area contributed by atoms with Crippen LogP contribution in [-0.2, 0) is 12.8 Å². The Labute approximate surface area is 103 Å². The van der Waals surface area contributed by atoms with E-state index in [9.17, 15) is 9.18 Å². The Bertz CT molecular complexity index is 562. The summed E-state index contributed by atoms with van der Waals surface area (Å²) >= 11 is 1.58. The Kier molecular flexibility index (Phi) is 3.64. The molecule has 0 N–H and O–H groups in total. The van der Waals surface area contributed by atoms with Crippen LogP contribution in [0, 0.1) is 5.82 Å². The Morgan fingerprint density at radius 1 is 1.24 bits per heavy atom. The lowest BCUT2D eigenvalue weighted by Gasteiger charge is -2.03. The largest absolute Gasteiger partial charge is 0.319 e. The minimum atomic E-state index is -0.233. The Morgan fingerprint density at radius 2 is 1.94 bits per heavy atom. The SMILES string of the molecule is Cn1ccc(CSc2ccc(F)cc2)cc1=O. The van der Waals surface area contributed by atoms with Gasteiger partial charge in [0.15, 0.2) is 0 Å². The average molecular weight is 249 g/mol. The van der Waals surface area contributed by atoms with Crippen molar-refractivity contribution in [2.24, 2.45) is 7.05 Å². The van der Waals surface area contributed by atoms with Crippen LogP contribution in [0.5, 0.6) is 0 Å². The van der Waals surface area contributed by atoms with E-state index < -0.39 is 0 Å². The van der Waals surface area contributed by atoms with Gasteiger partial charge in [0.1, 0.15) is 5.82 Å². The number of halogens is 1. The third-order valence-corrected chi connectivity index (χ3v) is 3.47. The van der Waals surface area contributed by atoms with Gasteiger partial charge in [-0.25, -0.2) is 4.39 Å². The number of pyridine rings is 1. The molecule has 0 fully saturated rings. The van der Waals surface area contributed by atoms with Crippen molar-refractivity contribution in [3.8, 4) is 0 Å². The van der Waals surface area contributed by atoms with E-state index in [0.29, 0.717) is 5.75 Å². The van der Waals surface area contributed by atoms with E-state index in [1.807, 2.05) is 6.07 Å². The molecule has 17 heavy (non-hydrogen) atoms. The highest BCUT2D eigenvalue weighted by atomic mass is 32.2. The van der Waals surface area contributed by atoms with Gasteiger partial charge in [-0.2, -0.15) is 0 Å². The first-order valence-corrected chi connectivity index (χ1v) is 6.17. The summed E-state index contributed by atoms with van der Waals surface area (Å²) < 4.78 is 14.2. The summed E-state index contributed by atoms with van der Waals surface area (Å²) in [6.45, 7) is 0. The maximum atomic E-state index is 12.7. The van der Waals surface area contributed by atoms with Gasteiger partial charge in [-0.3, -0.25) is 4.79 Å². The van der Waals surface area contributed by atoms with E-state index in [1.165, 1.54) is 16.7 Å². The van der Waals surface area contributed by atoms with Gasteiger partial charge in [0, 0.05) is 30.0 Å². The van der Waals surface area contributed by atoms with E-state index >= 15 is 0 Å². The molecule has 0 saturated heterocycles. The summed E-state index contributed by atoms with van der Waals surface area (Å²) in [7, 11) is 1.72. The van der Waals surface area contributed by atoms with Crippen molar-refractivity contribution in [3.63, 3.8) is 0 Å². The fourth-order valence-corrected chi connectivity index (χ4v) is 2.22. The highest BCUT2D eigenvalue weighted by Crippen LogP contribution is 2.22. The number of hydrogen-bond donors (Lipinski definition) is 0. The third-order valence-electron chi connectivity index (χ3n) is 2.39. The second-order valence-electron chi connectivity index (χ2n) is 3.73. The van der Waals surface area contributed by atoms with E-state index in [4.69, 9.17) is 0 Å². The molecule has 1 heterocycles. The van der Waals surface area contributed by atoms with Crippen LogP contribution >= 0.6 is 11.8 Å². The minimum Gasteiger partial charge on any atom is -0.319 e. The molecule has 1 aromatic carbocycles. The molecule has 0 unspecified atom stereocenters. The molecule has 0 saturated carbocycles. The highest BCUT2D eigenvalue weighted by molar-refractivity contribution is 7.98. The van der Waals surface area contributed by atoms with Gasteiger partial charge in [-0.05, 0) is 35.9 Å². The molecule has 0 atom stereocenters. The van der Waals surface area contributed by atoms with Crippen LogP contribution in [-0.4, -0.2) is 4.57 Å². The summed E-state index contributed by atoms with van der Waals surface area (Å²) in [6.07, 6.45) is 1.75. The van der Waals surface area contributed by atoms with Crippen LogP contribution in [0.1, 0.15) is 5.56 Å². The molecule has 0 bridgehead atoms. The third kappa shape index (κ3) is 3.20. The Morgan fingerprint density at radius 3 is 2.59 bits per heavy atom. The van der Waals surface area contributed by atoms with E-state index in [-0.39, 0.29) is 11.4 Å². The van der Waals surface area contributed by atoms with Crippen LogP contribution < -0.4 is 5.56 Å². The number of nitrogens with zero attached hydrogens (tertiary/aromatic N) is 1. The molecule has 2 rings (SSSR count). The summed E-state index contributed by atoms with van der Waals surface area (Å²) in [5.41, 5.74) is 0.963. The van der Waals surface area contributed by atoms with Crippen molar-refractivity contribution in [1.82, 2.24) is 4.57 Å². The highest BCUT2D eigenvalue weighted by Gasteiger charge is 1.98. The van der Waals surface area contributed by atoms with E-state index in [1.54, 1.807) is 43.2 Å². The molecular weight excluding hydrogens is 237 g/mol. The number of aromatic nitrogens is 1. The lowest BCUT2D eigenvalue weighted by atomic mass is 10.3. The predicted molar refractivity (Wildman–Crippen MR) is 67.6 cm³/mol. The Hall–Kier alpha value is -1.55. The van der Waals surface area contributed by atoms with Crippen LogP contribution in [0.15, 0.2) is 52.3 Å². The number of hydrogen-bond acceptors (Lipinski definition) is 2. The van der Waals surface area contributed by atoms with Crippen molar-refractivity contribution < 1.29 is 4.39 Å². The quantitative estimate of drug-likeness (QED) is 0.780. The van der Waals surface area contributed by atoms with Crippen molar-refractivity contribution in [1.29, 1.82) is 0 Å². The van der Waals surface area contributed by atoms with Crippen LogP contribution in [0.25, 0.3) is 0 Å². The normalized spacial score (nSPS) is 10.5. The molecule has 0 spiro atoms. The number of aryl methyl sites for hydroxylation is 1. The fraction of sp³-hybridized carbons (Fsp3) is 0.154. The molecule has 2 aromatic rings. The number of benzene rings is 1. The molecule has 1 aromatic heterocycles. The van der Waals surface area contributed by atoms with Crippen LogP contribution in [0.4, 0.5) is 4.39 Å². The lowest BCUT2D eigenvalue weighted by molar-refractivity contribution is 0.626. The Balaban J connectivity index is 2.04. The van der Waals surface area contributed by atoms with Gasteiger partial charge < -0.3 is 4.57 Å². The second-order valence-corrected chi connectivity index (χ2v) is 4.78. The van der Waals surface area contributed by atoms with Crippen molar-refractivity contribution in [3.05, 3.63) is 64.3 Å². The monoisotopic (exact) mass is 249 g/mol. The summed E-state index contributed by atoms with van der Waals surface area (Å²) in [4.78, 5) is 12.4. The van der Waals surface area contributed by atoms with Gasteiger partial charge in [-0.1, -0.05) is 0 Å². The molecule has 0 amide bonds. The van der Waals surface area contributed by atoms with E-state index in [2.05, 4.69) is 0 Å². The first-order valence-electron chi connectivity index (χ1n) is 5.19. The van der Waals surface area contributed by atoms with Gasteiger partial charge in [-0.15, -0.1) is 11.8 Å². The fourth-order valence-electron chi connectivity index (χ4n) is 1.38. The zero-order chi connectivity index (χ0) is 12.3. The van der Waals surface area contributed by atoms with Crippen LogP contribution in [0.3, 0.4) is 0 Å². The molecule has 4 heteroatoms. The minimum absolute atomic E-state index is 0.0118. The molecule has 0 aliphatic heterocycles. The molecule has 88 valence electrons. The topological polar surface area (TPSA) is 22.0 Å². The van der Waals surface area contributed by atoms with Crippen molar-refractivity contribution in [2.75, 3.05) is 0 Å². The summed E-state index contributed by atoms with van der Waals surface area (Å²) in [6, 6.07) is 9.88. The van der Waals surface area contributed by atoms with Crippen molar-refractivity contribution >= 4 is 11.8 Å². The maximum absolute atomic E-state index is 12.7. The molecule has 0 radical (unpaired) electrons. The van der Waals surface area contributed by atoms with Gasteiger partial charge in [0.05, 0.1) is 0 Å². The van der Waals surface area contributed by atoms with Gasteiger partial charge >= 0.3 is 0 Å². The molecule has 0 aliphatic rings. The van der Waals surface area contributed by atoms with E-state index in [0.717, 1.165) is 10.5 Å². The number of thioether (sulfide) groups is 1. The lowest BCUT2D eigenvalue weighted by Crippen LogP contribution is -2.14. The van der Waals surface area contributed by atoms with Gasteiger partial charge in [0.2, 0.25) is 0 Å².